The third-order valence-corrected chi connectivity index (χ3v) is 12.1. The highest BCUT2D eigenvalue weighted by atomic mass is 16.6. The number of carbonyl (C=O) groups excluding carboxylic acids is 4. The smallest absolute Gasteiger partial charge is 0.366 e. The van der Waals surface area contributed by atoms with Crippen LogP contribution in [0.5, 0.6) is 0 Å². The van der Waals surface area contributed by atoms with Gasteiger partial charge in [-0.05, 0) is 51.7 Å². The number of benzene rings is 2. The molecule has 0 aliphatic rings. The fraction of sp³-hybridized carbons (Fsp3) is 0.190. The number of nitrogens with zero attached hydrogens (tertiary/aromatic N) is 23. The number of non-ortho nitro benzene ring substituents is 1. The molecule has 0 fully saturated rings. The number of primary amides is 4. The molecule has 43 nitrogen and oxygen atoms in total. The highest BCUT2D eigenvalue weighted by molar-refractivity contribution is 5.93. The molecule has 9 N–H and O–H groups in total. The van der Waals surface area contributed by atoms with E-state index >= 15 is 0 Å². The number of rotatable bonds is 8. The number of nitrogens with two attached hydrogens (primary N) is 4. The van der Waals surface area contributed by atoms with Crippen molar-refractivity contribution in [2.75, 3.05) is 7.05 Å². The summed E-state index contributed by atoms with van der Waals surface area (Å²) < 4.78 is 16.6. The first kappa shape index (κ1) is 80.5. The molecule has 13 rings (SSSR count). The van der Waals surface area contributed by atoms with E-state index < -0.39 is 42.3 Å². The van der Waals surface area contributed by atoms with E-state index in [0.29, 0.717) is 33.5 Å². The second kappa shape index (κ2) is 39.2. The van der Waals surface area contributed by atoms with E-state index in [1.165, 1.54) is 91.7 Å². The van der Waals surface area contributed by atoms with E-state index in [-0.39, 0.29) is 40.2 Å². The van der Waals surface area contributed by atoms with Crippen LogP contribution in [0.3, 0.4) is 0 Å². The van der Waals surface area contributed by atoms with Crippen molar-refractivity contribution in [3.63, 3.8) is 0 Å². The summed E-state index contributed by atoms with van der Waals surface area (Å²) in [4.78, 5) is 121. The lowest BCUT2D eigenvalue weighted by atomic mass is 10.2. The molecule has 11 aromatic heterocycles. The fourth-order valence-electron chi connectivity index (χ4n) is 7.38. The van der Waals surface area contributed by atoms with Crippen LogP contribution in [0, 0.1) is 50.6 Å². The minimum absolute atomic E-state index is 0.0255. The van der Waals surface area contributed by atoms with Gasteiger partial charge in [-0.2, -0.15) is 10.2 Å². The predicted octanol–water partition coefficient (Wildman–Crippen LogP) is 3.48. The molecule has 532 valence electrons. The van der Waals surface area contributed by atoms with E-state index in [0.717, 1.165) is 12.6 Å². The molecule has 0 aliphatic heterocycles. The van der Waals surface area contributed by atoms with Gasteiger partial charge < -0.3 is 70.0 Å². The van der Waals surface area contributed by atoms with Crippen LogP contribution in [-0.2, 0) is 70.5 Å². The lowest BCUT2D eigenvalue weighted by Crippen LogP contribution is -2.13. The van der Waals surface area contributed by atoms with E-state index in [4.69, 9.17) is 33.0 Å². The van der Waals surface area contributed by atoms with Crippen LogP contribution in [0.15, 0.2) is 177 Å². The number of aromatic nitrogens is 19. The molecule has 0 spiro atoms. The van der Waals surface area contributed by atoms with E-state index in [9.17, 15) is 64.4 Å². The molecule has 43 heteroatoms. The highest BCUT2D eigenvalue weighted by Gasteiger charge is 2.14. The maximum absolute atomic E-state index is 11.1. The Bertz CT molecular complexity index is 4460. The number of nitro groups is 5. The van der Waals surface area contributed by atoms with Crippen molar-refractivity contribution >= 4 is 79.5 Å². The van der Waals surface area contributed by atoms with Gasteiger partial charge in [0.25, 0.3) is 34.7 Å². The Morgan fingerprint density at radius 3 is 1.46 bits per heavy atom. The number of nitrogens with one attached hydrogen (secondary N) is 1. The summed E-state index contributed by atoms with van der Waals surface area (Å²) in [6.07, 6.45) is 24.9. The molecule has 11 heterocycles. The summed E-state index contributed by atoms with van der Waals surface area (Å²) in [7, 11) is 18.7. The number of nitro benzene ring substituents is 1. The Kier molecular flexibility index (Phi) is 31.3. The molecule has 0 radical (unpaired) electrons. The largest absolute Gasteiger partial charge is 0.381 e. The fourth-order valence-corrected chi connectivity index (χ4v) is 7.38. The number of aryl methyl sites for hydroxylation is 10. The van der Waals surface area contributed by atoms with Crippen molar-refractivity contribution < 1.29 is 43.8 Å². The van der Waals surface area contributed by atoms with Gasteiger partial charge in [0.15, 0.2) is 12.6 Å². The number of H-pyrrole nitrogens is 1. The molecule has 0 atom stereocenters. The van der Waals surface area contributed by atoms with Crippen molar-refractivity contribution in [2.45, 2.75) is 0 Å². The number of hydrogen-bond acceptors (Lipinski definition) is 23. The minimum Gasteiger partial charge on any atom is -0.366 e. The summed E-state index contributed by atoms with van der Waals surface area (Å²) in [6, 6.07) is 21.9. The summed E-state index contributed by atoms with van der Waals surface area (Å²) in [6.45, 7) is 0. The monoisotopic (exact) mass is 1400 g/mol. The average molecular weight is 1400 g/mol. The van der Waals surface area contributed by atoms with Crippen LogP contribution in [-0.4, -0.2) is 147 Å². The van der Waals surface area contributed by atoms with Crippen LogP contribution in [0.1, 0.15) is 42.0 Å². The van der Waals surface area contributed by atoms with Crippen molar-refractivity contribution in [1.82, 2.24) is 91.2 Å². The average Bonchev–Trinajstić information content (AvgIpc) is 1.70. The van der Waals surface area contributed by atoms with Gasteiger partial charge in [0.2, 0.25) is 18.1 Å². The minimum atomic E-state index is -0.601. The van der Waals surface area contributed by atoms with E-state index in [1.54, 1.807) is 135 Å². The maximum atomic E-state index is 11.1. The zero-order valence-corrected chi connectivity index (χ0v) is 55.9. The number of imidazole rings is 3. The van der Waals surface area contributed by atoms with Gasteiger partial charge in [0.1, 0.15) is 42.0 Å². The molecular weight excluding hydrogens is 1330 g/mol. The molecule has 0 saturated heterocycles. The van der Waals surface area contributed by atoms with Crippen LogP contribution in [0.4, 0.5) is 22.9 Å². The highest BCUT2D eigenvalue weighted by Crippen LogP contribution is 2.23. The van der Waals surface area contributed by atoms with Crippen molar-refractivity contribution in [1.29, 1.82) is 0 Å². The van der Waals surface area contributed by atoms with Crippen molar-refractivity contribution in [3.05, 3.63) is 256 Å². The van der Waals surface area contributed by atoms with Gasteiger partial charge >= 0.3 is 11.5 Å². The molecule has 101 heavy (non-hydrogen) atoms. The zero-order chi connectivity index (χ0) is 75.8. The summed E-state index contributed by atoms with van der Waals surface area (Å²) in [5.74, 6) is -2.02. The van der Waals surface area contributed by atoms with Gasteiger partial charge in [-0.1, -0.05) is 24.3 Å². The molecule has 0 saturated carbocycles. The summed E-state index contributed by atoms with van der Waals surface area (Å²) >= 11 is 0. The summed E-state index contributed by atoms with van der Waals surface area (Å²) in [5.41, 5.74) is 24.2. The SMILES string of the molecule is C[N+](=O)[O-].Cn1cc([N+](=O)[O-])cn1.Cn1ccc(C(N)=O)c1.Cn1ccc(C(N)=O)n1.Cn1ccc([N+](=O)[O-])c1.Cn1ccc2c(=O)[nH]cnc21.Cn1ccc2ccccc21.Cn1cnc(C(N)=O)c1.Cn1cnc(C(N)=O)n1.Cn1cnc([N+](=O)[O-])c1.Cn1cnc2c([N+](=O)[O-])cccc21. The Balaban J connectivity index is 0.000000291. The van der Waals surface area contributed by atoms with Crippen LogP contribution in [0.2, 0.25) is 0 Å². The Labute approximate surface area is 569 Å². The van der Waals surface area contributed by atoms with E-state index in [1.807, 2.05) is 24.9 Å². The van der Waals surface area contributed by atoms with E-state index in [2.05, 4.69) is 93.3 Å². The van der Waals surface area contributed by atoms with Crippen molar-refractivity contribution in [2.24, 2.45) is 93.4 Å². The third-order valence-electron chi connectivity index (χ3n) is 12.1. The van der Waals surface area contributed by atoms with Gasteiger partial charge in [-0.25, -0.2) is 19.9 Å². The number of fused-ring (bicyclic) bond motifs is 3. The van der Waals surface area contributed by atoms with Gasteiger partial charge in [-0.15, -0.1) is 5.10 Å². The number of aromatic amines is 1. The lowest BCUT2D eigenvalue weighted by Gasteiger charge is -1.93. The van der Waals surface area contributed by atoms with Crippen molar-refractivity contribution in [3.8, 4) is 0 Å². The predicted molar refractivity (Wildman–Crippen MR) is 363 cm³/mol. The molecule has 13 aromatic rings. The normalized spacial score (nSPS) is 9.69. The molecular formula is C58H70N28O15. The van der Waals surface area contributed by atoms with Crippen LogP contribution in [0.25, 0.3) is 33.0 Å². The molecule has 4 amide bonds. The maximum Gasteiger partial charge on any atom is 0.381 e. The molecule has 0 aliphatic carbocycles. The second-order valence-corrected chi connectivity index (χ2v) is 20.2. The second-order valence-electron chi connectivity index (χ2n) is 20.2. The van der Waals surface area contributed by atoms with Gasteiger partial charge in [-0.3, -0.25) is 78.5 Å². The first-order valence-corrected chi connectivity index (χ1v) is 28.3. The number of para-hydroxylation sites is 2. The topological polar surface area (TPSA) is 573 Å². The first-order chi connectivity index (χ1) is 47.5. The zero-order valence-electron chi connectivity index (χ0n) is 55.9. The first-order valence-electron chi connectivity index (χ1n) is 28.3. The standard InChI is InChI=1S/C9H9N.C8H7N3O2.C7H7N3O.C6H8N2O.2C5H7N3O.C5H6N2O2.C4H6N4O.2C4H5N3O2.CH3NO2/c1-10-7-6-8-4-2-3-5-9(8)10;1-10-5-9-8-6(10)3-2-4-7(8)11(12)13;1-10-3-2-5-6(10)8-4-9-7(5)11;1-8-3-2-5(4-8)6(7)9;1-8-2-4(5(6)9)7-3-8;1-8-3-2-4(7-8)5(6)9;1-6-3-2-5(4-6)7(8)9;1-8-2-6-4(7-8)3(5)9;1-6-2-4(5-3-6)7(8)9;1-6-3-4(2-5-6)7(8)9;1-2(3)4/h2-7H,1H3;2-5H,1H3;2-4H,1H3,(H,8,9,11);2-4H,1H3,(H2,7,9);2*2-3H,1H3,(H2,6,9);2-4H,1H3;2H,1H3,(H2,5,9);2*2-3H,1H3;1H3. The lowest BCUT2D eigenvalue weighted by molar-refractivity contribution is -0.445. The molecule has 0 bridgehead atoms. The Morgan fingerprint density at radius 1 is 0.465 bits per heavy atom. The van der Waals surface area contributed by atoms with Crippen LogP contribution < -0.4 is 28.5 Å². The number of carbonyl (C=O) groups is 4. The molecule has 0 unspecified atom stereocenters. The quantitative estimate of drug-likeness (QED) is 0.107. The van der Waals surface area contributed by atoms with Gasteiger partial charge in [0, 0.05) is 136 Å². The van der Waals surface area contributed by atoms with Gasteiger partial charge in [0.05, 0.1) is 56.4 Å². The Morgan fingerprint density at radius 2 is 1.07 bits per heavy atom. The number of hydrogen-bond donors (Lipinski definition) is 5. The Hall–Kier alpha value is -14.7. The van der Waals surface area contributed by atoms with Crippen LogP contribution >= 0.6 is 0 Å². The molecule has 2 aromatic carbocycles. The third kappa shape index (κ3) is 27.6. The number of amides is 4. The summed E-state index contributed by atoms with van der Waals surface area (Å²) in [5, 5.41) is 62.3.